The van der Waals surface area contributed by atoms with Crippen LogP contribution < -0.4 is 5.32 Å². The first-order chi connectivity index (χ1) is 13.3. The number of H-pyrrole nitrogens is 1. The molecule has 0 saturated heterocycles. The maximum absolute atomic E-state index is 4.68. The van der Waals surface area contributed by atoms with E-state index in [-0.39, 0.29) is 12.4 Å². The summed E-state index contributed by atoms with van der Waals surface area (Å²) in [7, 11) is 0. The summed E-state index contributed by atoms with van der Waals surface area (Å²) >= 11 is 0. The Morgan fingerprint density at radius 3 is 2.57 bits per heavy atom. The zero-order chi connectivity index (χ0) is 18.1. The van der Waals surface area contributed by atoms with E-state index in [4.69, 9.17) is 0 Å². The second-order valence-electron chi connectivity index (χ2n) is 6.48. The molecule has 0 bridgehead atoms. The SMILES string of the molecule is Cl.c1ccc2cc(CNc3cnc4cc(-c5cn[nH]c5)ccc4n3)ccc2c1. The van der Waals surface area contributed by atoms with Crippen molar-refractivity contribution in [1.82, 2.24) is 20.2 Å². The van der Waals surface area contributed by atoms with Crippen LogP contribution in [-0.2, 0) is 6.54 Å². The summed E-state index contributed by atoms with van der Waals surface area (Å²) in [5, 5.41) is 12.7. The van der Waals surface area contributed by atoms with Gasteiger partial charge in [-0.25, -0.2) is 4.98 Å². The number of nitrogens with zero attached hydrogens (tertiary/aromatic N) is 3. The summed E-state index contributed by atoms with van der Waals surface area (Å²) in [5.74, 6) is 0.770. The third-order valence-electron chi connectivity index (χ3n) is 4.66. The number of rotatable bonds is 4. The van der Waals surface area contributed by atoms with Crippen molar-refractivity contribution >= 4 is 40.0 Å². The molecule has 0 aliphatic rings. The fourth-order valence-corrected chi connectivity index (χ4v) is 3.23. The number of aromatic nitrogens is 4. The zero-order valence-electron chi connectivity index (χ0n) is 15.0. The molecule has 2 N–H and O–H groups in total. The molecule has 0 aliphatic carbocycles. The molecule has 6 heteroatoms. The number of anilines is 1. The predicted octanol–water partition coefficient (Wildman–Crippen LogP) is 5.21. The summed E-state index contributed by atoms with van der Waals surface area (Å²) in [5.41, 5.74) is 5.06. The minimum atomic E-state index is 0. The van der Waals surface area contributed by atoms with Crippen molar-refractivity contribution in [2.24, 2.45) is 0 Å². The molecular formula is C22H18ClN5. The molecule has 5 aromatic rings. The molecule has 5 nitrogen and oxygen atoms in total. The third kappa shape index (κ3) is 3.52. The Balaban J connectivity index is 0.00000192. The Kier molecular flexibility index (Phi) is 4.91. The summed E-state index contributed by atoms with van der Waals surface area (Å²) < 4.78 is 0. The Morgan fingerprint density at radius 2 is 1.71 bits per heavy atom. The zero-order valence-corrected chi connectivity index (χ0v) is 15.8. The summed E-state index contributed by atoms with van der Waals surface area (Å²) in [6.45, 7) is 0.706. The van der Waals surface area contributed by atoms with E-state index < -0.39 is 0 Å². The lowest BCUT2D eigenvalue weighted by Gasteiger charge is -2.08. The van der Waals surface area contributed by atoms with E-state index >= 15 is 0 Å². The molecule has 0 saturated carbocycles. The Bertz CT molecular complexity index is 1230. The van der Waals surface area contributed by atoms with Gasteiger partial charge < -0.3 is 5.32 Å². The van der Waals surface area contributed by atoms with Gasteiger partial charge in [0.15, 0.2) is 0 Å². The number of nitrogens with one attached hydrogen (secondary N) is 2. The third-order valence-corrected chi connectivity index (χ3v) is 4.66. The predicted molar refractivity (Wildman–Crippen MR) is 116 cm³/mol. The first-order valence-corrected chi connectivity index (χ1v) is 8.83. The van der Waals surface area contributed by atoms with Crippen LogP contribution in [0, 0.1) is 0 Å². The molecule has 0 aliphatic heterocycles. The quantitative estimate of drug-likeness (QED) is 0.444. The highest BCUT2D eigenvalue weighted by atomic mass is 35.5. The first kappa shape index (κ1) is 17.9. The smallest absolute Gasteiger partial charge is 0.145 e. The van der Waals surface area contributed by atoms with Gasteiger partial charge in [-0.3, -0.25) is 10.1 Å². The number of hydrogen-bond donors (Lipinski definition) is 2. The number of benzene rings is 3. The van der Waals surface area contributed by atoms with Crippen molar-refractivity contribution in [3.8, 4) is 11.1 Å². The van der Waals surface area contributed by atoms with Gasteiger partial charge in [-0.15, -0.1) is 12.4 Å². The minimum Gasteiger partial charge on any atom is -0.365 e. The standard InChI is InChI=1S/C22H17N5.ClH/c1-2-4-17-9-15(5-6-16(17)3-1)11-24-22-14-23-21-10-18(7-8-20(21)27-22)19-12-25-26-13-19;/h1-10,12-14H,11H2,(H,24,27)(H,25,26);1H. The number of hydrogen-bond acceptors (Lipinski definition) is 4. The Morgan fingerprint density at radius 1 is 0.821 bits per heavy atom. The van der Waals surface area contributed by atoms with E-state index in [1.165, 1.54) is 16.3 Å². The lowest BCUT2D eigenvalue weighted by atomic mass is 10.1. The molecule has 2 aromatic heterocycles. The van der Waals surface area contributed by atoms with E-state index in [1.54, 1.807) is 12.4 Å². The molecule has 0 amide bonds. The van der Waals surface area contributed by atoms with Crippen molar-refractivity contribution in [3.05, 3.63) is 84.8 Å². The molecule has 2 heterocycles. The topological polar surface area (TPSA) is 66.5 Å². The van der Waals surface area contributed by atoms with Crippen LogP contribution in [0.2, 0.25) is 0 Å². The molecule has 5 rings (SSSR count). The van der Waals surface area contributed by atoms with E-state index in [0.717, 1.165) is 28.0 Å². The molecule has 0 radical (unpaired) electrons. The molecule has 0 atom stereocenters. The van der Waals surface area contributed by atoms with Crippen molar-refractivity contribution in [1.29, 1.82) is 0 Å². The highest BCUT2D eigenvalue weighted by Crippen LogP contribution is 2.22. The van der Waals surface area contributed by atoms with Gasteiger partial charge in [-0.05, 0) is 40.1 Å². The molecule has 0 fully saturated rings. The lowest BCUT2D eigenvalue weighted by Crippen LogP contribution is -2.02. The fraction of sp³-hybridized carbons (Fsp3) is 0.0455. The van der Waals surface area contributed by atoms with Crippen molar-refractivity contribution < 1.29 is 0 Å². The normalized spacial score (nSPS) is 10.7. The van der Waals surface area contributed by atoms with Crippen LogP contribution in [0.15, 0.2) is 79.3 Å². The molecule has 138 valence electrons. The lowest BCUT2D eigenvalue weighted by molar-refractivity contribution is 1.09. The maximum Gasteiger partial charge on any atom is 0.145 e. The van der Waals surface area contributed by atoms with E-state index in [0.29, 0.717) is 6.54 Å². The summed E-state index contributed by atoms with van der Waals surface area (Å²) in [6, 6.07) is 20.9. The van der Waals surface area contributed by atoms with Gasteiger partial charge >= 0.3 is 0 Å². The van der Waals surface area contributed by atoms with Crippen molar-refractivity contribution in [2.45, 2.75) is 6.54 Å². The molecule has 3 aromatic carbocycles. The van der Waals surface area contributed by atoms with Gasteiger partial charge in [0.2, 0.25) is 0 Å². The van der Waals surface area contributed by atoms with Crippen LogP contribution in [-0.4, -0.2) is 20.2 Å². The van der Waals surface area contributed by atoms with Crippen molar-refractivity contribution in [2.75, 3.05) is 5.32 Å². The van der Waals surface area contributed by atoms with Crippen LogP contribution >= 0.6 is 12.4 Å². The van der Waals surface area contributed by atoms with Gasteiger partial charge in [0, 0.05) is 18.3 Å². The van der Waals surface area contributed by atoms with Crippen LogP contribution in [0.1, 0.15) is 5.56 Å². The number of aromatic amines is 1. The van der Waals surface area contributed by atoms with E-state index in [2.05, 4.69) is 67.9 Å². The molecule has 0 spiro atoms. The summed E-state index contributed by atoms with van der Waals surface area (Å²) in [4.78, 5) is 9.24. The van der Waals surface area contributed by atoms with Gasteiger partial charge in [0.05, 0.1) is 23.4 Å². The Hall–Kier alpha value is -3.44. The van der Waals surface area contributed by atoms with Crippen LogP contribution in [0.5, 0.6) is 0 Å². The van der Waals surface area contributed by atoms with Gasteiger partial charge in [0.1, 0.15) is 5.82 Å². The molecule has 0 unspecified atom stereocenters. The van der Waals surface area contributed by atoms with Gasteiger partial charge in [-0.2, -0.15) is 5.10 Å². The maximum atomic E-state index is 4.68. The average Bonchev–Trinajstić information content (AvgIpc) is 3.26. The van der Waals surface area contributed by atoms with Gasteiger partial charge in [-0.1, -0.05) is 42.5 Å². The van der Waals surface area contributed by atoms with Crippen LogP contribution in [0.3, 0.4) is 0 Å². The molecule has 28 heavy (non-hydrogen) atoms. The van der Waals surface area contributed by atoms with Crippen LogP contribution in [0.25, 0.3) is 32.9 Å². The summed E-state index contributed by atoms with van der Waals surface area (Å²) in [6.07, 6.45) is 5.45. The number of fused-ring (bicyclic) bond motifs is 2. The fourth-order valence-electron chi connectivity index (χ4n) is 3.23. The Labute approximate surface area is 168 Å². The van der Waals surface area contributed by atoms with E-state index in [9.17, 15) is 0 Å². The first-order valence-electron chi connectivity index (χ1n) is 8.83. The average molecular weight is 388 g/mol. The van der Waals surface area contributed by atoms with Gasteiger partial charge in [0.25, 0.3) is 0 Å². The second kappa shape index (κ2) is 7.66. The monoisotopic (exact) mass is 387 g/mol. The van der Waals surface area contributed by atoms with E-state index in [1.807, 2.05) is 24.4 Å². The van der Waals surface area contributed by atoms with Crippen molar-refractivity contribution in [3.63, 3.8) is 0 Å². The molecular weight excluding hydrogens is 370 g/mol. The highest BCUT2D eigenvalue weighted by Gasteiger charge is 2.04. The largest absolute Gasteiger partial charge is 0.365 e. The van der Waals surface area contributed by atoms with Crippen LogP contribution in [0.4, 0.5) is 5.82 Å². The number of halogens is 1. The minimum absolute atomic E-state index is 0. The second-order valence-corrected chi connectivity index (χ2v) is 6.48. The highest BCUT2D eigenvalue weighted by molar-refractivity contribution is 5.85.